The fourth-order valence-corrected chi connectivity index (χ4v) is 6.26. The van der Waals surface area contributed by atoms with E-state index in [9.17, 15) is 14.7 Å². The summed E-state index contributed by atoms with van der Waals surface area (Å²) in [6, 6.07) is 9.55. The number of aryl methyl sites for hydroxylation is 2. The summed E-state index contributed by atoms with van der Waals surface area (Å²) in [5.41, 5.74) is 5.54. The molecule has 2 unspecified atom stereocenters. The number of hydrogen-bond donors (Lipinski definition) is 3. The Morgan fingerprint density at radius 2 is 1.81 bits per heavy atom. The SMILES string of the molecule is CNCCOCCOCCC(C(=O)C1C[C@H](O)C[C@H]1C(=O)N[C@@H](C)c1ccc(-c2scnc2C)cc1)c1cc(C)no1. The molecule has 0 spiro atoms. The van der Waals surface area contributed by atoms with E-state index in [1.165, 1.54) is 0 Å². The highest BCUT2D eigenvalue weighted by molar-refractivity contribution is 7.13. The van der Waals surface area contributed by atoms with Gasteiger partial charge in [0.2, 0.25) is 5.91 Å². The van der Waals surface area contributed by atoms with Crippen molar-refractivity contribution in [2.24, 2.45) is 11.8 Å². The molecule has 1 aliphatic rings. The summed E-state index contributed by atoms with van der Waals surface area (Å²) in [6.45, 7) is 8.28. The summed E-state index contributed by atoms with van der Waals surface area (Å²) in [5, 5.41) is 20.6. The Kier molecular flexibility index (Phi) is 11.8. The van der Waals surface area contributed by atoms with E-state index >= 15 is 0 Å². The summed E-state index contributed by atoms with van der Waals surface area (Å²) < 4.78 is 16.7. The van der Waals surface area contributed by atoms with Crippen molar-refractivity contribution in [3.05, 3.63) is 58.6 Å². The molecule has 0 saturated heterocycles. The van der Waals surface area contributed by atoms with Gasteiger partial charge < -0.3 is 29.7 Å². The van der Waals surface area contributed by atoms with Crippen LogP contribution in [-0.4, -0.2) is 73.1 Å². The Hall–Kier alpha value is -2.96. The number of thiazole rings is 1. The van der Waals surface area contributed by atoms with Crippen LogP contribution in [0.4, 0.5) is 0 Å². The van der Waals surface area contributed by atoms with Crippen molar-refractivity contribution in [2.45, 2.75) is 58.1 Å². The minimum atomic E-state index is -0.727. The molecule has 0 aliphatic heterocycles. The van der Waals surface area contributed by atoms with Crippen LogP contribution >= 0.6 is 11.3 Å². The Bertz CT molecular complexity index is 1290. The van der Waals surface area contributed by atoms with Crippen LogP contribution in [0.15, 0.2) is 40.4 Å². The summed E-state index contributed by atoms with van der Waals surface area (Å²) in [6.07, 6.45) is 0.126. The molecule has 1 amide bonds. The van der Waals surface area contributed by atoms with Gasteiger partial charge in [-0.3, -0.25) is 9.59 Å². The van der Waals surface area contributed by atoms with Crippen LogP contribution < -0.4 is 10.6 Å². The molecule has 3 aromatic rings. The second-order valence-corrected chi connectivity index (χ2v) is 11.8. The van der Waals surface area contributed by atoms with E-state index in [0.29, 0.717) is 44.3 Å². The zero-order valence-corrected chi connectivity index (χ0v) is 25.6. The predicted molar refractivity (Wildman–Crippen MR) is 160 cm³/mol. The average Bonchev–Trinajstić information content (AvgIpc) is 3.71. The fraction of sp³-hybridized carbons (Fsp3) is 0.548. The molecule has 1 aromatic carbocycles. The molecule has 1 fully saturated rings. The quantitative estimate of drug-likeness (QED) is 0.209. The zero-order valence-electron chi connectivity index (χ0n) is 24.8. The van der Waals surface area contributed by atoms with Gasteiger partial charge in [0.15, 0.2) is 0 Å². The number of likely N-dealkylation sites (N-methyl/N-ethyl adjacent to an activating group) is 1. The van der Waals surface area contributed by atoms with Gasteiger partial charge in [-0.1, -0.05) is 29.4 Å². The van der Waals surface area contributed by atoms with Crippen LogP contribution in [0.1, 0.15) is 60.9 Å². The Balaban J connectivity index is 1.38. The largest absolute Gasteiger partial charge is 0.393 e. The molecule has 0 bridgehead atoms. The molecule has 11 heteroatoms. The summed E-state index contributed by atoms with van der Waals surface area (Å²) in [5.74, 6) is -1.80. The topological polar surface area (TPSA) is 136 Å². The van der Waals surface area contributed by atoms with Gasteiger partial charge in [-0.25, -0.2) is 4.98 Å². The molecule has 10 nitrogen and oxygen atoms in total. The van der Waals surface area contributed by atoms with Crippen LogP contribution in [0.5, 0.6) is 0 Å². The molecular weight excluding hydrogens is 556 g/mol. The van der Waals surface area contributed by atoms with Crippen molar-refractivity contribution in [3.8, 4) is 10.4 Å². The summed E-state index contributed by atoms with van der Waals surface area (Å²) in [7, 11) is 1.87. The first-order valence-electron chi connectivity index (χ1n) is 14.5. The van der Waals surface area contributed by atoms with Crippen LogP contribution in [0.3, 0.4) is 0 Å². The number of benzene rings is 1. The lowest BCUT2D eigenvalue weighted by molar-refractivity contribution is -0.134. The molecule has 1 saturated carbocycles. The molecule has 1 aliphatic carbocycles. The highest BCUT2D eigenvalue weighted by atomic mass is 32.1. The van der Waals surface area contributed by atoms with E-state index in [0.717, 1.165) is 28.2 Å². The highest BCUT2D eigenvalue weighted by Crippen LogP contribution is 2.38. The van der Waals surface area contributed by atoms with Crippen molar-refractivity contribution in [3.63, 3.8) is 0 Å². The van der Waals surface area contributed by atoms with Crippen LogP contribution in [0.2, 0.25) is 0 Å². The second-order valence-electron chi connectivity index (χ2n) is 10.9. The summed E-state index contributed by atoms with van der Waals surface area (Å²) in [4.78, 5) is 32.9. The van der Waals surface area contributed by atoms with Gasteiger partial charge in [-0.05, 0) is 58.2 Å². The molecule has 42 heavy (non-hydrogen) atoms. The van der Waals surface area contributed by atoms with E-state index in [4.69, 9.17) is 14.0 Å². The third-order valence-corrected chi connectivity index (χ3v) is 8.75. The first kappa shape index (κ1) is 32.0. The number of ketones is 1. The van der Waals surface area contributed by atoms with Gasteiger partial charge in [0.1, 0.15) is 11.5 Å². The van der Waals surface area contributed by atoms with E-state index < -0.39 is 23.9 Å². The van der Waals surface area contributed by atoms with Crippen molar-refractivity contribution >= 4 is 23.0 Å². The van der Waals surface area contributed by atoms with Gasteiger partial charge in [0.25, 0.3) is 0 Å². The first-order chi connectivity index (χ1) is 20.3. The van der Waals surface area contributed by atoms with Gasteiger partial charge in [0, 0.05) is 25.1 Å². The Morgan fingerprint density at radius 3 is 2.45 bits per heavy atom. The maximum Gasteiger partial charge on any atom is 0.224 e. The number of carbonyl (C=O) groups excluding carboxylic acids is 2. The zero-order chi connectivity index (χ0) is 30.1. The number of nitrogens with one attached hydrogen (secondary N) is 2. The van der Waals surface area contributed by atoms with Gasteiger partial charge in [-0.15, -0.1) is 11.3 Å². The number of hydrogen-bond acceptors (Lipinski definition) is 10. The van der Waals surface area contributed by atoms with Gasteiger partial charge in [-0.2, -0.15) is 0 Å². The van der Waals surface area contributed by atoms with Crippen LogP contribution in [0, 0.1) is 25.7 Å². The lowest BCUT2D eigenvalue weighted by Gasteiger charge is -2.24. The van der Waals surface area contributed by atoms with E-state index in [-0.39, 0.29) is 30.6 Å². The number of Topliss-reactive ketones (excluding diaryl/α,β-unsaturated/α-hetero) is 1. The van der Waals surface area contributed by atoms with Crippen LogP contribution in [-0.2, 0) is 19.1 Å². The van der Waals surface area contributed by atoms with Crippen LogP contribution in [0.25, 0.3) is 10.4 Å². The number of aromatic nitrogens is 2. The standard InChI is InChI=1S/C31H42N4O6S/c1-19-15-28(41-35-19)25(9-11-39-13-14-40-12-10-32-4)29(37)26-16-24(36)17-27(26)31(38)34-20(2)22-5-7-23(8-6-22)30-21(3)33-18-42-30/h5-8,15,18,20,24-27,32,36H,9-14,16-17H2,1-4H3,(H,34,38)/t20-,24-,25?,26?,27+/m0/s1. The molecule has 3 N–H and O–H groups in total. The van der Waals surface area contributed by atoms with Crippen molar-refractivity contribution < 1.29 is 28.7 Å². The Labute approximate surface area is 251 Å². The number of carbonyl (C=O) groups is 2. The van der Waals surface area contributed by atoms with E-state index in [2.05, 4.69) is 20.8 Å². The minimum absolute atomic E-state index is 0.131. The van der Waals surface area contributed by atoms with Crippen molar-refractivity contribution in [1.82, 2.24) is 20.8 Å². The number of aliphatic hydroxyl groups is 1. The Morgan fingerprint density at radius 1 is 1.10 bits per heavy atom. The molecule has 228 valence electrons. The average molecular weight is 599 g/mol. The number of ether oxygens (including phenoxy) is 2. The predicted octanol–water partition coefficient (Wildman–Crippen LogP) is 3.97. The van der Waals surface area contributed by atoms with E-state index in [1.807, 2.05) is 50.7 Å². The lowest BCUT2D eigenvalue weighted by atomic mass is 9.82. The number of rotatable bonds is 16. The van der Waals surface area contributed by atoms with Crippen molar-refractivity contribution in [1.29, 1.82) is 0 Å². The third-order valence-electron chi connectivity index (χ3n) is 7.77. The third kappa shape index (κ3) is 8.32. The number of nitrogens with zero attached hydrogens (tertiary/aromatic N) is 2. The van der Waals surface area contributed by atoms with Crippen molar-refractivity contribution in [2.75, 3.05) is 40.0 Å². The second kappa shape index (κ2) is 15.5. The highest BCUT2D eigenvalue weighted by Gasteiger charge is 2.45. The first-order valence-corrected chi connectivity index (χ1v) is 15.4. The summed E-state index contributed by atoms with van der Waals surface area (Å²) >= 11 is 1.60. The molecular formula is C31H42N4O6S. The van der Waals surface area contributed by atoms with E-state index in [1.54, 1.807) is 24.3 Å². The molecule has 2 aromatic heterocycles. The molecule has 2 heterocycles. The number of aliphatic hydroxyl groups excluding tert-OH is 1. The monoisotopic (exact) mass is 598 g/mol. The maximum atomic E-state index is 13.9. The fourth-order valence-electron chi connectivity index (χ4n) is 5.45. The van der Waals surface area contributed by atoms with Gasteiger partial charge >= 0.3 is 0 Å². The minimum Gasteiger partial charge on any atom is -0.393 e. The maximum absolute atomic E-state index is 13.9. The normalized spacial score (nSPS) is 20.0. The van der Waals surface area contributed by atoms with Gasteiger partial charge in [0.05, 0.1) is 65.6 Å². The molecule has 5 atom stereocenters. The molecule has 4 rings (SSSR count). The number of amides is 1. The smallest absolute Gasteiger partial charge is 0.224 e. The lowest BCUT2D eigenvalue weighted by Crippen LogP contribution is -2.38. The molecule has 0 radical (unpaired) electrons.